The molecule has 4 aromatic rings. The van der Waals surface area contributed by atoms with E-state index in [4.69, 9.17) is 0 Å². The number of ketones is 1. The third-order valence-corrected chi connectivity index (χ3v) is 4.30. The van der Waals surface area contributed by atoms with Crippen LogP contribution >= 0.6 is 0 Å². The Bertz CT molecular complexity index is 1080. The molecule has 4 rings (SSSR count). The van der Waals surface area contributed by atoms with Crippen molar-refractivity contribution < 1.29 is 4.79 Å². The van der Waals surface area contributed by atoms with E-state index in [2.05, 4.69) is 5.10 Å². The molecule has 0 fully saturated rings. The topological polar surface area (TPSA) is 39.3 Å². The van der Waals surface area contributed by atoms with Crippen LogP contribution in [0.5, 0.6) is 0 Å². The Balaban J connectivity index is 1.86. The van der Waals surface area contributed by atoms with Gasteiger partial charge in [-0.15, -0.1) is 0 Å². The van der Waals surface area contributed by atoms with Crippen molar-refractivity contribution in [1.29, 1.82) is 0 Å². The summed E-state index contributed by atoms with van der Waals surface area (Å²) in [5.74, 6) is -0.0303. The van der Waals surface area contributed by atoms with Gasteiger partial charge in [-0.05, 0) is 30.7 Å². The Kier molecular flexibility index (Phi) is 3.31. The summed E-state index contributed by atoms with van der Waals surface area (Å²) < 4.78 is 3.88. The Morgan fingerprint density at radius 3 is 2.42 bits per heavy atom. The number of hydrogen-bond donors (Lipinski definition) is 0. The summed E-state index contributed by atoms with van der Waals surface area (Å²) in [5.41, 5.74) is 5.29. The van der Waals surface area contributed by atoms with Crippen molar-refractivity contribution in [3.05, 3.63) is 77.5 Å². The average Bonchev–Trinajstić information content (AvgIpc) is 3.09. The SMILES string of the molecule is Cc1nn2c3ccccc3n(C)c2c1C(=O)C=Cc1ccccc1. The molecule has 0 N–H and O–H groups in total. The van der Waals surface area contributed by atoms with Crippen LogP contribution in [0.25, 0.3) is 22.8 Å². The van der Waals surface area contributed by atoms with Gasteiger partial charge in [0.2, 0.25) is 0 Å². The molecule has 0 spiro atoms. The van der Waals surface area contributed by atoms with Crippen molar-refractivity contribution in [3.8, 4) is 0 Å². The molecule has 0 unspecified atom stereocenters. The first-order chi connectivity index (χ1) is 11.7. The van der Waals surface area contributed by atoms with Crippen LogP contribution < -0.4 is 0 Å². The number of aryl methyl sites for hydroxylation is 2. The molecule has 0 aliphatic rings. The van der Waals surface area contributed by atoms with E-state index in [0.717, 1.165) is 27.9 Å². The number of hydrogen-bond acceptors (Lipinski definition) is 2. The first-order valence-electron chi connectivity index (χ1n) is 7.87. The highest BCUT2D eigenvalue weighted by atomic mass is 16.1. The molecule has 0 atom stereocenters. The summed E-state index contributed by atoms with van der Waals surface area (Å²) in [6, 6.07) is 17.8. The van der Waals surface area contributed by atoms with Gasteiger partial charge in [0, 0.05) is 7.05 Å². The van der Waals surface area contributed by atoms with Crippen molar-refractivity contribution in [3.63, 3.8) is 0 Å². The van der Waals surface area contributed by atoms with E-state index in [9.17, 15) is 4.79 Å². The molecule has 0 aliphatic heterocycles. The fourth-order valence-corrected chi connectivity index (χ4v) is 3.14. The Morgan fingerprint density at radius 1 is 1.00 bits per heavy atom. The highest BCUT2D eigenvalue weighted by Crippen LogP contribution is 2.25. The third kappa shape index (κ3) is 2.15. The lowest BCUT2D eigenvalue weighted by Crippen LogP contribution is -1.99. The van der Waals surface area contributed by atoms with Crippen molar-refractivity contribution in [2.24, 2.45) is 7.05 Å². The number of imidazole rings is 1. The molecule has 0 radical (unpaired) electrons. The Morgan fingerprint density at radius 2 is 1.67 bits per heavy atom. The molecule has 24 heavy (non-hydrogen) atoms. The Labute approximate surface area is 139 Å². The van der Waals surface area contributed by atoms with Crippen LogP contribution in [-0.2, 0) is 7.05 Å². The monoisotopic (exact) mass is 315 g/mol. The predicted octanol–water partition coefficient (Wildman–Crippen LogP) is 4.03. The van der Waals surface area contributed by atoms with Gasteiger partial charge in [-0.1, -0.05) is 48.5 Å². The molecule has 2 aromatic carbocycles. The van der Waals surface area contributed by atoms with Crippen LogP contribution in [0.15, 0.2) is 60.7 Å². The number of benzene rings is 2. The molecule has 0 bridgehead atoms. The average molecular weight is 315 g/mol. The van der Waals surface area contributed by atoms with Crippen LogP contribution in [0.2, 0.25) is 0 Å². The number of aromatic nitrogens is 3. The number of rotatable bonds is 3. The third-order valence-electron chi connectivity index (χ3n) is 4.30. The molecule has 2 aromatic heterocycles. The molecule has 118 valence electrons. The lowest BCUT2D eigenvalue weighted by atomic mass is 10.1. The van der Waals surface area contributed by atoms with E-state index >= 15 is 0 Å². The summed E-state index contributed by atoms with van der Waals surface area (Å²) in [5, 5.41) is 4.58. The van der Waals surface area contributed by atoms with Gasteiger partial charge in [-0.3, -0.25) is 4.79 Å². The lowest BCUT2D eigenvalue weighted by molar-refractivity contribution is 0.104. The normalized spacial score (nSPS) is 11.8. The molecule has 0 saturated heterocycles. The number of carbonyl (C=O) groups is 1. The van der Waals surface area contributed by atoms with Crippen molar-refractivity contribution in [2.75, 3.05) is 0 Å². The summed E-state index contributed by atoms with van der Waals surface area (Å²) in [7, 11) is 1.97. The maximum atomic E-state index is 12.8. The second-order valence-corrected chi connectivity index (χ2v) is 5.85. The largest absolute Gasteiger partial charge is 0.327 e. The molecule has 0 aliphatic carbocycles. The first-order valence-corrected chi connectivity index (χ1v) is 7.87. The van der Waals surface area contributed by atoms with Gasteiger partial charge in [-0.2, -0.15) is 5.10 Å². The molecule has 0 amide bonds. The Hall–Kier alpha value is -3.14. The van der Waals surface area contributed by atoms with E-state index in [0.29, 0.717) is 5.56 Å². The summed E-state index contributed by atoms with van der Waals surface area (Å²) >= 11 is 0. The van der Waals surface area contributed by atoms with Gasteiger partial charge in [0.1, 0.15) is 5.65 Å². The lowest BCUT2D eigenvalue weighted by Gasteiger charge is -1.99. The van der Waals surface area contributed by atoms with E-state index in [1.165, 1.54) is 0 Å². The standard InChI is InChI=1S/C20H17N3O/c1-14-19(18(24)13-12-15-8-4-3-5-9-15)20-22(2)16-10-6-7-11-17(16)23(20)21-14/h3-13H,1-2H3. The highest BCUT2D eigenvalue weighted by molar-refractivity contribution is 6.12. The van der Waals surface area contributed by atoms with Crippen LogP contribution in [0, 0.1) is 6.92 Å². The van der Waals surface area contributed by atoms with Gasteiger partial charge in [0.15, 0.2) is 5.78 Å². The second-order valence-electron chi connectivity index (χ2n) is 5.85. The minimum Gasteiger partial charge on any atom is -0.327 e. The number of fused-ring (bicyclic) bond motifs is 3. The number of nitrogens with zero attached hydrogens (tertiary/aromatic N) is 3. The summed E-state index contributed by atoms with van der Waals surface area (Å²) in [6.45, 7) is 1.88. The zero-order chi connectivity index (χ0) is 16.7. The fraction of sp³-hybridized carbons (Fsp3) is 0.100. The number of para-hydroxylation sites is 2. The van der Waals surface area contributed by atoms with E-state index in [-0.39, 0.29) is 5.78 Å². The van der Waals surface area contributed by atoms with Crippen molar-refractivity contribution in [2.45, 2.75) is 6.92 Å². The second kappa shape index (κ2) is 5.49. The maximum absolute atomic E-state index is 12.8. The quantitative estimate of drug-likeness (QED) is 0.423. The first kappa shape index (κ1) is 14.5. The smallest absolute Gasteiger partial charge is 0.191 e. The number of carbonyl (C=O) groups excluding carboxylic acids is 1. The van der Waals surface area contributed by atoms with Crippen LogP contribution in [0.3, 0.4) is 0 Å². The van der Waals surface area contributed by atoms with E-state index in [1.807, 2.05) is 83.7 Å². The molecule has 4 nitrogen and oxygen atoms in total. The predicted molar refractivity (Wildman–Crippen MR) is 96.2 cm³/mol. The molecule has 4 heteroatoms. The fourth-order valence-electron chi connectivity index (χ4n) is 3.14. The van der Waals surface area contributed by atoms with Crippen LogP contribution in [0.1, 0.15) is 21.6 Å². The summed E-state index contributed by atoms with van der Waals surface area (Å²) in [4.78, 5) is 12.8. The van der Waals surface area contributed by atoms with E-state index < -0.39 is 0 Å². The van der Waals surface area contributed by atoms with Gasteiger partial charge in [0.05, 0.1) is 22.3 Å². The molecular formula is C20H17N3O. The van der Waals surface area contributed by atoms with Crippen molar-refractivity contribution >= 4 is 28.5 Å². The highest BCUT2D eigenvalue weighted by Gasteiger charge is 2.20. The van der Waals surface area contributed by atoms with Gasteiger partial charge in [-0.25, -0.2) is 4.52 Å². The zero-order valence-corrected chi connectivity index (χ0v) is 13.6. The minimum atomic E-state index is -0.0303. The minimum absolute atomic E-state index is 0.0303. The number of allylic oxidation sites excluding steroid dienone is 1. The van der Waals surface area contributed by atoms with Crippen molar-refractivity contribution in [1.82, 2.24) is 14.2 Å². The van der Waals surface area contributed by atoms with Crippen LogP contribution in [0.4, 0.5) is 0 Å². The molecule has 2 heterocycles. The van der Waals surface area contributed by atoms with E-state index in [1.54, 1.807) is 6.08 Å². The summed E-state index contributed by atoms with van der Waals surface area (Å²) in [6.07, 6.45) is 3.46. The van der Waals surface area contributed by atoms with Gasteiger partial charge < -0.3 is 4.57 Å². The zero-order valence-electron chi connectivity index (χ0n) is 13.6. The molecular weight excluding hydrogens is 298 g/mol. The van der Waals surface area contributed by atoms with Gasteiger partial charge in [0.25, 0.3) is 0 Å². The van der Waals surface area contributed by atoms with Crippen LogP contribution in [-0.4, -0.2) is 20.0 Å². The maximum Gasteiger partial charge on any atom is 0.191 e. The molecule has 0 saturated carbocycles. The van der Waals surface area contributed by atoms with Gasteiger partial charge >= 0.3 is 0 Å².